The van der Waals surface area contributed by atoms with Gasteiger partial charge in [-0.3, -0.25) is 4.79 Å². The van der Waals surface area contributed by atoms with Crippen molar-refractivity contribution in [2.45, 2.75) is 19.8 Å². The molecule has 0 aliphatic carbocycles. The number of unbranched alkanes of at least 4 members (excludes halogenated alkanes) is 1. The molecule has 1 N–H and O–H groups in total. The number of benzene rings is 1. The maximum absolute atomic E-state index is 11.7. The number of ether oxygens (including phenoxy) is 1. The first-order valence-electron chi connectivity index (χ1n) is 5.93. The lowest BCUT2D eigenvalue weighted by Crippen LogP contribution is -2.29. The van der Waals surface area contributed by atoms with Crippen LogP contribution >= 0.6 is 23.2 Å². The summed E-state index contributed by atoms with van der Waals surface area (Å²) in [4.78, 5) is 23.1. The van der Waals surface area contributed by atoms with Crippen molar-refractivity contribution >= 4 is 35.1 Å². The van der Waals surface area contributed by atoms with Gasteiger partial charge in [0, 0.05) is 11.6 Å². The zero-order chi connectivity index (χ0) is 14.3. The summed E-state index contributed by atoms with van der Waals surface area (Å²) in [5, 5.41) is 3.26. The molecule has 19 heavy (non-hydrogen) atoms. The van der Waals surface area contributed by atoms with Crippen molar-refractivity contribution in [3.05, 3.63) is 33.8 Å². The Hall–Kier alpha value is -1.26. The molecular weight excluding hydrogens is 289 g/mol. The van der Waals surface area contributed by atoms with Crippen molar-refractivity contribution in [2.75, 3.05) is 13.2 Å². The molecule has 1 amide bonds. The Kier molecular flexibility index (Phi) is 6.67. The molecule has 1 aromatic rings. The van der Waals surface area contributed by atoms with Crippen LogP contribution in [-0.2, 0) is 9.53 Å². The molecule has 0 bridgehead atoms. The monoisotopic (exact) mass is 303 g/mol. The molecule has 0 saturated heterocycles. The van der Waals surface area contributed by atoms with Crippen molar-refractivity contribution in [1.29, 1.82) is 0 Å². The number of rotatable bonds is 6. The van der Waals surface area contributed by atoms with E-state index in [-0.39, 0.29) is 23.1 Å². The number of esters is 1. The number of hydrogen-bond acceptors (Lipinski definition) is 3. The van der Waals surface area contributed by atoms with Gasteiger partial charge >= 0.3 is 5.97 Å². The third-order valence-electron chi connectivity index (χ3n) is 2.34. The summed E-state index contributed by atoms with van der Waals surface area (Å²) in [6.45, 7) is 2.27. The SMILES string of the molecule is CCCCNC(=O)COC(=O)c1cc(Cl)ccc1Cl. The number of halogens is 2. The highest BCUT2D eigenvalue weighted by Crippen LogP contribution is 2.21. The van der Waals surface area contributed by atoms with E-state index < -0.39 is 5.97 Å². The first-order chi connectivity index (χ1) is 9.04. The first-order valence-corrected chi connectivity index (χ1v) is 6.69. The molecule has 0 aromatic heterocycles. The average molecular weight is 304 g/mol. The third kappa shape index (κ3) is 5.49. The first kappa shape index (κ1) is 15.8. The number of amides is 1. The van der Waals surface area contributed by atoms with Crippen LogP contribution < -0.4 is 5.32 Å². The molecule has 0 aliphatic rings. The van der Waals surface area contributed by atoms with E-state index in [4.69, 9.17) is 27.9 Å². The van der Waals surface area contributed by atoms with Gasteiger partial charge in [0.25, 0.3) is 5.91 Å². The fourth-order valence-corrected chi connectivity index (χ4v) is 1.69. The second kappa shape index (κ2) is 8.02. The summed E-state index contributed by atoms with van der Waals surface area (Å²) in [7, 11) is 0. The largest absolute Gasteiger partial charge is 0.452 e. The Bertz CT molecular complexity index is 463. The van der Waals surface area contributed by atoms with E-state index >= 15 is 0 Å². The predicted molar refractivity (Wildman–Crippen MR) is 74.7 cm³/mol. The Morgan fingerprint density at radius 1 is 1.32 bits per heavy atom. The van der Waals surface area contributed by atoms with Crippen molar-refractivity contribution in [2.24, 2.45) is 0 Å². The van der Waals surface area contributed by atoms with Gasteiger partial charge in [0.05, 0.1) is 10.6 Å². The maximum Gasteiger partial charge on any atom is 0.340 e. The van der Waals surface area contributed by atoms with Crippen LogP contribution in [0.15, 0.2) is 18.2 Å². The van der Waals surface area contributed by atoms with Gasteiger partial charge in [-0.05, 0) is 24.6 Å². The van der Waals surface area contributed by atoms with Crippen LogP contribution in [0.1, 0.15) is 30.1 Å². The number of hydrogen-bond donors (Lipinski definition) is 1. The lowest BCUT2D eigenvalue weighted by atomic mass is 10.2. The highest BCUT2D eigenvalue weighted by atomic mass is 35.5. The summed E-state index contributed by atoms with van der Waals surface area (Å²) < 4.78 is 4.86. The van der Waals surface area contributed by atoms with E-state index in [1.807, 2.05) is 6.92 Å². The zero-order valence-electron chi connectivity index (χ0n) is 10.5. The molecule has 1 rings (SSSR count). The molecule has 6 heteroatoms. The minimum absolute atomic E-state index is 0.149. The summed E-state index contributed by atoms with van der Waals surface area (Å²) >= 11 is 11.6. The quantitative estimate of drug-likeness (QED) is 0.649. The second-order valence-corrected chi connectivity index (χ2v) is 4.75. The van der Waals surface area contributed by atoms with E-state index in [1.54, 1.807) is 6.07 Å². The minimum atomic E-state index is -0.668. The van der Waals surface area contributed by atoms with Gasteiger partial charge in [0.1, 0.15) is 0 Å². The molecule has 0 heterocycles. The standard InChI is InChI=1S/C13H15Cl2NO3/c1-2-3-6-16-12(17)8-19-13(18)10-7-9(14)4-5-11(10)15/h4-5,7H,2-3,6,8H2,1H3,(H,16,17). The minimum Gasteiger partial charge on any atom is -0.452 e. The molecule has 0 spiro atoms. The van der Waals surface area contributed by atoms with Gasteiger partial charge < -0.3 is 10.1 Å². The van der Waals surface area contributed by atoms with Crippen LogP contribution in [0.5, 0.6) is 0 Å². The number of carbonyl (C=O) groups is 2. The van der Waals surface area contributed by atoms with Crippen molar-refractivity contribution in [3.63, 3.8) is 0 Å². The predicted octanol–water partition coefficient (Wildman–Crippen LogP) is 3.07. The van der Waals surface area contributed by atoms with E-state index in [9.17, 15) is 9.59 Å². The summed E-state index contributed by atoms with van der Waals surface area (Å²) in [5.74, 6) is -1.00. The lowest BCUT2D eigenvalue weighted by Gasteiger charge is -2.07. The van der Waals surface area contributed by atoms with E-state index in [0.717, 1.165) is 12.8 Å². The molecule has 0 radical (unpaired) electrons. The van der Waals surface area contributed by atoms with Gasteiger partial charge in [0.2, 0.25) is 0 Å². The van der Waals surface area contributed by atoms with E-state index in [2.05, 4.69) is 5.32 Å². The molecule has 0 atom stereocenters. The normalized spacial score (nSPS) is 10.1. The van der Waals surface area contributed by atoms with Crippen molar-refractivity contribution in [1.82, 2.24) is 5.32 Å². The van der Waals surface area contributed by atoms with E-state index in [0.29, 0.717) is 11.6 Å². The second-order valence-electron chi connectivity index (χ2n) is 3.90. The van der Waals surface area contributed by atoms with Crippen LogP contribution in [0.3, 0.4) is 0 Å². The fourth-order valence-electron chi connectivity index (χ4n) is 1.32. The molecule has 1 aromatic carbocycles. The van der Waals surface area contributed by atoms with Crippen molar-refractivity contribution < 1.29 is 14.3 Å². The van der Waals surface area contributed by atoms with Crippen LogP contribution in [0.25, 0.3) is 0 Å². The maximum atomic E-state index is 11.7. The van der Waals surface area contributed by atoms with Gasteiger partial charge in [-0.25, -0.2) is 4.79 Å². The fraction of sp³-hybridized carbons (Fsp3) is 0.385. The topological polar surface area (TPSA) is 55.4 Å². The van der Waals surface area contributed by atoms with Crippen LogP contribution in [0.4, 0.5) is 0 Å². The van der Waals surface area contributed by atoms with Crippen LogP contribution in [0.2, 0.25) is 10.0 Å². The zero-order valence-corrected chi connectivity index (χ0v) is 12.1. The molecule has 0 saturated carbocycles. The smallest absolute Gasteiger partial charge is 0.340 e. The molecule has 0 fully saturated rings. The van der Waals surface area contributed by atoms with Gasteiger partial charge in [-0.1, -0.05) is 36.5 Å². The highest BCUT2D eigenvalue weighted by Gasteiger charge is 2.14. The Morgan fingerprint density at radius 3 is 2.74 bits per heavy atom. The van der Waals surface area contributed by atoms with Crippen LogP contribution in [0, 0.1) is 0 Å². The molecule has 0 aliphatic heterocycles. The Labute approximate surface area is 122 Å². The summed E-state index contributed by atoms with van der Waals surface area (Å²) in [6.07, 6.45) is 1.87. The Balaban J connectivity index is 2.47. The molecular formula is C13H15Cl2NO3. The lowest BCUT2D eigenvalue weighted by molar-refractivity contribution is -0.124. The molecule has 4 nitrogen and oxygen atoms in total. The third-order valence-corrected chi connectivity index (χ3v) is 2.90. The summed E-state index contributed by atoms with van der Waals surface area (Å²) in [5.41, 5.74) is 0.149. The summed E-state index contributed by atoms with van der Waals surface area (Å²) in [6, 6.07) is 4.47. The molecule has 0 unspecified atom stereocenters. The number of nitrogens with one attached hydrogen (secondary N) is 1. The van der Waals surface area contributed by atoms with Gasteiger partial charge in [-0.15, -0.1) is 0 Å². The number of carbonyl (C=O) groups excluding carboxylic acids is 2. The van der Waals surface area contributed by atoms with E-state index in [1.165, 1.54) is 12.1 Å². The molecule has 104 valence electrons. The van der Waals surface area contributed by atoms with Crippen molar-refractivity contribution in [3.8, 4) is 0 Å². The van der Waals surface area contributed by atoms with Crippen LogP contribution in [-0.4, -0.2) is 25.0 Å². The van der Waals surface area contributed by atoms with Gasteiger partial charge in [0.15, 0.2) is 6.61 Å². The Morgan fingerprint density at radius 2 is 2.05 bits per heavy atom. The average Bonchev–Trinajstić information content (AvgIpc) is 2.39. The highest BCUT2D eigenvalue weighted by molar-refractivity contribution is 6.35. The van der Waals surface area contributed by atoms with Gasteiger partial charge in [-0.2, -0.15) is 0 Å².